The van der Waals surface area contributed by atoms with Crippen LogP contribution in [0.2, 0.25) is 0 Å². The third-order valence-corrected chi connectivity index (χ3v) is 4.80. The number of benzene rings is 1. The fourth-order valence-electron chi connectivity index (χ4n) is 3.18. The number of aromatic nitrogens is 1. The number of rotatable bonds is 5. The Morgan fingerprint density at radius 3 is 2.68 bits per heavy atom. The number of nitrogens with one attached hydrogen (secondary N) is 1. The van der Waals surface area contributed by atoms with Crippen LogP contribution in [0.4, 0.5) is 0 Å². The van der Waals surface area contributed by atoms with Crippen molar-refractivity contribution in [3.05, 3.63) is 53.3 Å². The molecule has 134 valence electrons. The number of ether oxygens (including phenoxy) is 1. The molecule has 1 aromatic heterocycles. The molecule has 0 atom stereocenters. The minimum atomic E-state index is 0.152. The average Bonchev–Trinajstić information content (AvgIpc) is 3.06. The number of carbonyl (C=O) groups excluding carboxylic acids is 1. The van der Waals surface area contributed by atoms with E-state index < -0.39 is 0 Å². The molecule has 4 nitrogen and oxygen atoms in total. The number of amides is 1. The predicted molar refractivity (Wildman–Crippen MR) is 99.8 cm³/mol. The Hall–Kier alpha value is -2.23. The zero-order valence-electron chi connectivity index (χ0n) is 15.5. The molecule has 1 N–H and O–H groups in total. The van der Waals surface area contributed by atoms with Gasteiger partial charge in [0, 0.05) is 37.8 Å². The van der Waals surface area contributed by atoms with E-state index in [9.17, 15) is 4.79 Å². The summed E-state index contributed by atoms with van der Waals surface area (Å²) in [6.07, 6.45) is 4.16. The minimum Gasteiger partial charge on any atom is -0.494 e. The molecular weight excluding hydrogens is 312 g/mol. The summed E-state index contributed by atoms with van der Waals surface area (Å²) < 4.78 is 5.78. The van der Waals surface area contributed by atoms with Gasteiger partial charge in [0.1, 0.15) is 5.75 Å². The van der Waals surface area contributed by atoms with Crippen molar-refractivity contribution >= 4 is 5.91 Å². The molecule has 1 aliphatic rings. The molecule has 0 unspecified atom stereocenters. The third-order valence-electron chi connectivity index (χ3n) is 4.80. The van der Waals surface area contributed by atoms with Crippen molar-refractivity contribution in [1.29, 1.82) is 0 Å². The monoisotopic (exact) mass is 340 g/mol. The highest BCUT2D eigenvalue weighted by atomic mass is 16.5. The maximum absolute atomic E-state index is 12.4. The number of carbonyl (C=O) groups is 1. The lowest BCUT2D eigenvalue weighted by molar-refractivity contribution is -0.132. The van der Waals surface area contributed by atoms with Gasteiger partial charge in [0.05, 0.1) is 6.61 Å². The Morgan fingerprint density at radius 2 is 1.96 bits per heavy atom. The first-order valence-electron chi connectivity index (χ1n) is 9.10. The Balaban J connectivity index is 1.40. The highest BCUT2D eigenvalue weighted by Gasteiger charge is 2.20. The Kier molecular flexibility index (Phi) is 5.16. The van der Waals surface area contributed by atoms with E-state index in [1.165, 1.54) is 16.8 Å². The fraction of sp³-hybridized carbons (Fsp3) is 0.476. The Bertz CT molecular complexity index is 710. The number of fused-ring (bicyclic) bond motifs is 1. The largest absolute Gasteiger partial charge is 0.494 e. The van der Waals surface area contributed by atoms with Crippen molar-refractivity contribution in [2.24, 2.45) is 0 Å². The van der Waals surface area contributed by atoms with Gasteiger partial charge in [0.2, 0.25) is 5.91 Å². The second kappa shape index (κ2) is 7.34. The normalized spacial score (nSPS) is 14.3. The smallest absolute Gasteiger partial charge is 0.223 e. The molecule has 1 aromatic carbocycles. The highest BCUT2D eigenvalue weighted by Crippen LogP contribution is 2.24. The molecule has 2 aromatic rings. The van der Waals surface area contributed by atoms with Crippen molar-refractivity contribution < 1.29 is 9.53 Å². The van der Waals surface area contributed by atoms with Gasteiger partial charge in [0.25, 0.3) is 0 Å². The van der Waals surface area contributed by atoms with Gasteiger partial charge in [-0.15, -0.1) is 0 Å². The molecular formula is C21H28N2O2. The molecule has 0 saturated heterocycles. The van der Waals surface area contributed by atoms with Gasteiger partial charge in [-0.25, -0.2) is 0 Å². The number of H-pyrrole nitrogens is 1. The van der Waals surface area contributed by atoms with Gasteiger partial charge in [0.15, 0.2) is 0 Å². The zero-order valence-corrected chi connectivity index (χ0v) is 15.5. The lowest BCUT2D eigenvalue weighted by Gasteiger charge is -2.27. The molecule has 0 radical (unpaired) electrons. The molecule has 0 bridgehead atoms. The maximum Gasteiger partial charge on any atom is 0.223 e. The molecule has 0 aliphatic carbocycles. The van der Waals surface area contributed by atoms with E-state index in [0.717, 1.165) is 31.7 Å². The van der Waals surface area contributed by atoms with Gasteiger partial charge in [-0.2, -0.15) is 0 Å². The molecule has 1 amide bonds. The van der Waals surface area contributed by atoms with E-state index in [0.29, 0.717) is 13.0 Å². The SMILES string of the molecule is CC(C)(C)c1ccc(OCCCC(=O)N2CCc3[nH]ccc3C2)cc1. The maximum atomic E-state index is 12.4. The second-order valence-electron chi connectivity index (χ2n) is 7.77. The van der Waals surface area contributed by atoms with Crippen molar-refractivity contribution in [1.82, 2.24) is 9.88 Å². The summed E-state index contributed by atoms with van der Waals surface area (Å²) in [5, 5.41) is 0. The van der Waals surface area contributed by atoms with E-state index in [4.69, 9.17) is 4.74 Å². The highest BCUT2D eigenvalue weighted by molar-refractivity contribution is 5.76. The molecule has 2 heterocycles. The number of hydrogen-bond acceptors (Lipinski definition) is 2. The summed E-state index contributed by atoms with van der Waals surface area (Å²) in [7, 11) is 0. The predicted octanol–water partition coefficient (Wildman–Crippen LogP) is 4.06. The van der Waals surface area contributed by atoms with E-state index in [1.54, 1.807) is 0 Å². The van der Waals surface area contributed by atoms with Crippen LogP contribution in [0.3, 0.4) is 0 Å². The van der Waals surface area contributed by atoms with Crippen LogP contribution in [0.25, 0.3) is 0 Å². The van der Waals surface area contributed by atoms with Crippen molar-refractivity contribution in [2.45, 2.75) is 52.0 Å². The first kappa shape index (κ1) is 17.6. The van der Waals surface area contributed by atoms with Gasteiger partial charge >= 0.3 is 0 Å². The van der Waals surface area contributed by atoms with Crippen LogP contribution in [-0.2, 0) is 23.2 Å². The topological polar surface area (TPSA) is 45.3 Å². The van der Waals surface area contributed by atoms with Crippen molar-refractivity contribution in [3.8, 4) is 5.75 Å². The van der Waals surface area contributed by atoms with Crippen LogP contribution in [0.1, 0.15) is 50.4 Å². The van der Waals surface area contributed by atoms with E-state index in [2.05, 4.69) is 44.0 Å². The van der Waals surface area contributed by atoms with E-state index >= 15 is 0 Å². The van der Waals surface area contributed by atoms with Gasteiger partial charge in [-0.05, 0) is 41.2 Å². The van der Waals surface area contributed by atoms with Crippen LogP contribution >= 0.6 is 0 Å². The standard InChI is InChI=1S/C21H28N2O2/c1-21(2,3)17-6-8-18(9-7-17)25-14-4-5-20(24)23-13-11-19-16(15-23)10-12-22-19/h6-10,12,22H,4-5,11,13-15H2,1-3H3. The molecule has 1 aliphatic heterocycles. The Labute approximate surface area is 150 Å². The lowest BCUT2D eigenvalue weighted by atomic mass is 9.87. The van der Waals surface area contributed by atoms with Crippen LogP contribution < -0.4 is 4.74 Å². The summed E-state index contributed by atoms with van der Waals surface area (Å²) in [5.74, 6) is 1.09. The average molecular weight is 340 g/mol. The summed E-state index contributed by atoms with van der Waals surface area (Å²) in [6.45, 7) is 8.71. The fourth-order valence-corrected chi connectivity index (χ4v) is 3.18. The van der Waals surface area contributed by atoms with Crippen molar-refractivity contribution in [3.63, 3.8) is 0 Å². The van der Waals surface area contributed by atoms with E-state index in [-0.39, 0.29) is 11.3 Å². The summed E-state index contributed by atoms with van der Waals surface area (Å²) in [6, 6.07) is 10.3. The number of hydrogen-bond donors (Lipinski definition) is 1. The molecule has 0 fully saturated rings. The van der Waals surface area contributed by atoms with Crippen LogP contribution in [0, 0.1) is 0 Å². The van der Waals surface area contributed by atoms with Crippen molar-refractivity contribution in [2.75, 3.05) is 13.2 Å². The van der Waals surface area contributed by atoms with Crippen LogP contribution in [0.5, 0.6) is 5.75 Å². The Morgan fingerprint density at radius 1 is 1.20 bits per heavy atom. The molecule has 4 heteroatoms. The zero-order chi connectivity index (χ0) is 17.9. The third kappa shape index (κ3) is 4.44. The van der Waals surface area contributed by atoms with Crippen LogP contribution in [-0.4, -0.2) is 28.9 Å². The quantitative estimate of drug-likeness (QED) is 0.835. The summed E-state index contributed by atoms with van der Waals surface area (Å²) in [5.41, 5.74) is 3.96. The first-order chi connectivity index (χ1) is 11.9. The molecule has 3 rings (SSSR count). The second-order valence-corrected chi connectivity index (χ2v) is 7.77. The van der Waals surface area contributed by atoms with Gasteiger partial charge < -0.3 is 14.6 Å². The number of nitrogens with zero attached hydrogens (tertiary/aromatic N) is 1. The number of aromatic amines is 1. The molecule has 25 heavy (non-hydrogen) atoms. The van der Waals surface area contributed by atoms with Gasteiger partial charge in [-0.1, -0.05) is 32.9 Å². The first-order valence-corrected chi connectivity index (χ1v) is 9.10. The van der Waals surface area contributed by atoms with E-state index in [1.807, 2.05) is 23.2 Å². The molecule has 0 spiro atoms. The minimum absolute atomic E-state index is 0.152. The summed E-state index contributed by atoms with van der Waals surface area (Å²) in [4.78, 5) is 17.6. The molecule has 0 saturated carbocycles. The van der Waals surface area contributed by atoms with Crippen LogP contribution in [0.15, 0.2) is 36.5 Å². The van der Waals surface area contributed by atoms with Gasteiger partial charge in [-0.3, -0.25) is 4.79 Å². The lowest BCUT2D eigenvalue weighted by Crippen LogP contribution is -2.35. The summed E-state index contributed by atoms with van der Waals surface area (Å²) >= 11 is 0.